The van der Waals surface area contributed by atoms with E-state index < -0.39 is 5.54 Å². The number of ether oxygens (including phenoxy) is 1. The summed E-state index contributed by atoms with van der Waals surface area (Å²) >= 11 is 7.65. The fourth-order valence-corrected chi connectivity index (χ4v) is 4.00. The van der Waals surface area contributed by atoms with Crippen molar-refractivity contribution in [2.24, 2.45) is 10.7 Å². The molecule has 4 rings (SSSR count). The molecule has 2 aliphatic heterocycles. The molecular weight excluding hydrogens is 320 g/mol. The molecule has 22 heavy (non-hydrogen) atoms. The zero-order valence-electron chi connectivity index (χ0n) is 11.5. The number of nitrogen functional groups attached to an aromatic ring is 1. The molecule has 4 N–H and O–H groups in total. The fourth-order valence-electron chi connectivity index (χ4n) is 3.01. The van der Waals surface area contributed by atoms with Crippen molar-refractivity contribution in [1.29, 1.82) is 0 Å². The molecule has 0 saturated heterocycles. The molecular formula is C15H13ClN4OS. The Morgan fingerprint density at radius 2 is 2.00 bits per heavy atom. The number of aliphatic imine (C=N–C) groups is 1. The van der Waals surface area contributed by atoms with Crippen LogP contribution in [0.5, 0.6) is 11.5 Å². The Morgan fingerprint density at radius 1 is 1.18 bits per heavy atom. The lowest BCUT2D eigenvalue weighted by Gasteiger charge is -2.39. The standard InChI is InChI=1S/C15H13ClN4OS/c16-13-6-10-12(7-19-13)21-11-2-1-8(17)5-9(11)15(10)3-4-22-14(18)20-15/h1-2,5-7H,3-4,17H2,(H2,18,20). The molecule has 0 bridgehead atoms. The molecule has 1 spiro atoms. The van der Waals surface area contributed by atoms with Crippen molar-refractivity contribution < 1.29 is 4.74 Å². The minimum absolute atomic E-state index is 0.404. The van der Waals surface area contributed by atoms with Gasteiger partial charge in [-0.15, -0.1) is 0 Å². The highest BCUT2D eigenvalue weighted by Gasteiger charge is 2.44. The van der Waals surface area contributed by atoms with Crippen molar-refractivity contribution in [2.45, 2.75) is 12.0 Å². The third kappa shape index (κ3) is 1.94. The monoisotopic (exact) mass is 332 g/mol. The minimum atomic E-state index is -0.611. The van der Waals surface area contributed by atoms with Gasteiger partial charge in [0, 0.05) is 22.6 Å². The maximum atomic E-state index is 6.10. The second-order valence-electron chi connectivity index (χ2n) is 5.27. The summed E-state index contributed by atoms with van der Waals surface area (Å²) in [5.41, 5.74) is 13.9. The van der Waals surface area contributed by atoms with Gasteiger partial charge in [0.1, 0.15) is 16.4 Å². The second kappa shape index (κ2) is 4.79. The van der Waals surface area contributed by atoms with Crippen molar-refractivity contribution in [3.8, 4) is 11.5 Å². The lowest BCUT2D eigenvalue weighted by atomic mass is 9.79. The molecule has 0 saturated carbocycles. The van der Waals surface area contributed by atoms with E-state index in [1.165, 1.54) is 0 Å². The highest BCUT2D eigenvalue weighted by atomic mass is 35.5. The van der Waals surface area contributed by atoms with Gasteiger partial charge in [-0.1, -0.05) is 23.4 Å². The van der Waals surface area contributed by atoms with Crippen LogP contribution in [0.4, 0.5) is 5.69 Å². The summed E-state index contributed by atoms with van der Waals surface area (Å²) in [7, 11) is 0. The van der Waals surface area contributed by atoms with Crippen molar-refractivity contribution in [3.05, 3.63) is 46.7 Å². The molecule has 1 aromatic carbocycles. The van der Waals surface area contributed by atoms with Crippen LogP contribution in [-0.2, 0) is 5.54 Å². The van der Waals surface area contributed by atoms with Gasteiger partial charge in [-0.2, -0.15) is 0 Å². The van der Waals surface area contributed by atoms with Crippen LogP contribution in [0.3, 0.4) is 0 Å². The van der Waals surface area contributed by atoms with Crippen LogP contribution in [0.2, 0.25) is 5.15 Å². The van der Waals surface area contributed by atoms with Gasteiger partial charge in [0.05, 0.1) is 6.20 Å². The van der Waals surface area contributed by atoms with Gasteiger partial charge in [0.2, 0.25) is 0 Å². The van der Waals surface area contributed by atoms with E-state index in [1.54, 1.807) is 24.0 Å². The third-order valence-electron chi connectivity index (χ3n) is 3.96. The van der Waals surface area contributed by atoms with Crippen molar-refractivity contribution in [3.63, 3.8) is 0 Å². The zero-order valence-corrected chi connectivity index (χ0v) is 13.1. The van der Waals surface area contributed by atoms with E-state index in [9.17, 15) is 0 Å². The number of halogens is 1. The van der Waals surface area contributed by atoms with Crippen LogP contribution in [0.25, 0.3) is 0 Å². The molecule has 1 atom stereocenters. The number of pyridine rings is 1. The molecule has 7 heteroatoms. The van der Waals surface area contributed by atoms with Crippen molar-refractivity contribution in [1.82, 2.24) is 4.98 Å². The summed E-state index contributed by atoms with van der Waals surface area (Å²) in [6, 6.07) is 7.37. The minimum Gasteiger partial charge on any atom is -0.455 e. The van der Waals surface area contributed by atoms with E-state index in [2.05, 4.69) is 4.98 Å². The summed E-state index contributed by atoms with van der Waals surface area (Å²) < 4.78 is 5.96. The quantitative estimate of drug-likeness (QED) is 0.571. The van der Waals surface area contributed by atoms with E-state index in [4.69, 9.17) is 32.8 Å². The first kappa shape index (κ1) is 13.7. The van der Waals surface area contributed by atoms with Gasteiger partial charge in [-0.3, -0.25) is 0 Å². The predicted molar refractivity (Wildman–Crippen MR) is 89.7 cm³/mol. The predicted octanol–water partition coefficient (Wildman–Crippen LogP) is 3.12. The molecule has 2 aromatic rings. The molecule has 3 heterocycles. The number of thioether (sulfide) groups is 1. The van der Waals surface area contributed by atoms with Gasteiger partial charge in [0.25, 0.3) is 0 Å². The van der Waals surface area contributed by atoms with Crippen molar-refractivity contribution in [2.75, 3.05) is 11.5 Å². The normalized spacial score (nSPS) is 22.5. The Balaban J connectivity index is 2.05. The van der Waals surface area contributed by atoms with Gasteiger partial charge in [-0.25, -0.2) is 9.98 Å². The van der Waals surface area contributed by atoms with Gasteiger partial charge in [-0.05, 0) is 30.7 Å². The van der Waals surface area contributed by atoms with Crippen LogP contribution in [-0.4, -0.2) is 15.9 Å². The van der Waals surface area contributed by atoms with Crippen LogP contribution < -0.4 is 16.2 Å². The van der Waals surface area contributed by atoms with Gasteiger partial charge >= 0.3 is 0 Å². The largest absolute Gasteiger partial charge is 0.455 e. The molecule has 5 nitrogen and oxygen atoms in total. The van der Waals surface area contributed by atoms with Crippen molar-refractivity contribution >= 4 is 34.2 Å². The Hall–Kier alpha value is -1.92. The summed E-state index contributed by atoms with van der Waals surface area (Å²) in [4.78, 5) is 8.88. The molecule has 0 fully saturated rings. The van der Waals surface area contributed by atoms with E-state index in [-0.39, 0.29) is 0 Å². The molecule has 0 radical (unpaired) electrons. The van der Waals surface area contributed by atoms with E-state index in [0.29, 0.717) is 21.8 Å². The Labute approximate surface area is 136 Å². The molecule has 1 aromatic heterocycles. The van der Waals surface area contributed by atoms with E-state index in [1.807, 2.05) is 18.2 Å². The number of hydrogen-bond acceptors (Lipinski definition) is 6. The third-order valence-corrected chi connectivity index (χ3v) is 4.97. The van der Waals surface area contributed by atoms with Crippen LogP contribution in [0.15, 0.2) is 35.5 Å². The number of fused-ring (bicyclic) bond motifs is 4. The molecule has 2 aliphatic rings. The maximum absolute atomic E-state index is 6.10. The summed E-state index contributed by atoms with van der Waals surface area (Å²) in [5.74, 6) is 2.25. The number of aromatic nitrogens is 1. The zero-order chi connectivity index (χ0) is 15.3. The smallest absolute Gasteiger partial charge is 0.155 e. The number of nitrogens with zero attached hydrogens (tertiary/aromatic N) is 2. The molecule has 0 amide bonds. The topological polar surface area (TPSA) is 86.5 Å². The Morgan fingerprint density at radius 3 is 2.82 bits per heavy atom. The highest BCUT2D eigenvalue weighted by Crippen LogP contribution is 2.53. The highest BCUT2D eigenvalue weighted by molar-refractivity contribution is 8.13. The summed E-state index contributed by atoms with van der Waals surface area (Å²) in [6.45, 7) is 0. The second-order valence-corrected chi connectivity index (χ2v) is 6.77. The first-order chi connectivity index (χ1) is 10.6. The fraction of sp³-hybridized carbons (Fsp3) is 0.200. The number of anilines is 1. The summed E-state index contributed by atoms with van der Waals surface area (Å²) in [6.07, 6.45) is 2.43. The average Bonchev–Trinajstić information content (AvgIpc) is 2.49. The van der Waals surface area contributed by atoms with Gasteiger partial charge in [0.15, 0.2) is 10.9 Å². The number of benzene rings is 1. The van der Waals surface area contributed by atoms with Gasteiger partial charge < -0.3 is 16.2 Å². The van der Waals surface area contributed by atoms with Crippen LogP contribution in [0, 0.1) is 0 Å². The van der Waals surface area contributed by atoms with Crippen LogP contribution in [0.1, 0.15) is 17.5 Å². The molecule has 1 unspecified atom stereocenters. The van der Waals surface area contributed by atoms with Crippen LogP contribution >= 0.6 is 23.4 Å². The number of rotatable bonds is 0. The first-order valence-corrected chi connectivity index (χ1v) is 8.17. The van der Waals surface area contributed by atoms with E-state index >= 15 is 0 Å². The lowest BCUT2D eigenvalue weighted by molar-refractivity contribution is 0.389. The van der Waals surface area contributed by atoms with E-state index in [0.717, 1.165) is 29.1 Å². The number of hydrogen-bond donors (Lipinski definition) is 2. The molecule has 112 valence electrons. The number of amidine groups is 1. The Kier molecular flexibility index (Phi) is 2.99. The summed E-state index contributed by atoms with van der Waals surface area (Å²) in [5, 5.41) is 0.960. The number of nitrogens with two attached hydrogens (primary N) is 2. The first-order valence-electron chi connectivity index (χ1n) is 6.80. The SMILES string of the molecule is NC1=NC2(CCS1)c1cc(N)ccc1Oc1cnc(Cl)cc12. The Bertz CT molecular complexity index is 757. The maximum Gasteiger partial charge on any atom is 0.155 e. The lowest BCUT2D eigenvalue weighted by Crippen LogP contribution is -2.35. The average molecular weight is 333 g/mol. The molecule has 0 aliphatic carbocycles.